The number of aromatic nitrogens is 5. The van der Waals surface area contributed by atoms with E-state index in [1.165, 1.54) is 0 Å². The molecule has 1 aliphatic rings. The number of ether oxygens (including phenoxy) is 1. The molecule has 186 valence electrons. The van der Waals surface area contributed by atoms with Crippen LogP contribution in [0, 0.1) is 5.82 Å². The summed E-state index contributed by atoms with van der Waals surface area (Å²) >= 11 is 0. The molecule has 5 heterocycles. The Labute approximate surface area is 207 Å². The van der Waals surface area contributed by atoms with Gasteiger partial charge in [-0.2, -0.15) is 0 Å². The zero-order valence-corrected chi connectivity index (χ0v) is 20.3. The number of carbonyl (C=O) groups excluding carboxylic acids is 1. The second-order valence-electron chi connectivity index (χ2n) is 9.47. The smallest absolute Gasteiger partial charge is 0.410 e. The van der Waals surface area contributed by atoms with E-state index in [1.54, 1.807) is 29.6 Å². The van der Waals surface area contributed by atoms with Gasteiger partial charge in [-0.25, -0.2) is 29.1 Å². The van der Waals surface area contributed by atoms with Crippen LogP contribution in [0.4, 0.5) is 26.6 Å². The van der Waals surface area contributed by atoms with E-state index >= 15 is 0 Å². The van der Waals surface area contributed by atoms with Crippen LogP contribution in [-0.2, 0) is 4.74 Å². The third-order valence-electron chi connectivity index (χ3n) is 5.73. The van der Waals surface area contributed by atoms with E-state index in [1.807, 2.05) is 39.0 Å². The SMILES string of the molecule is CC(C)(C)OC(=O)N1CCN(c2ccc(Nc3ncc(F)c(-c4c[nH]c5ncccc45)n3)nc2)CC1. The maximum atomic E-state index is 14.6. The molecule has 0 saturated carbocycles. The average molecular weight is 491 g/mol. The van der Waals surface area contributed by atoms with Gasteiger partial charge in [0.15, 0.2) is 5.82 Å². The van der Waals surface area contributed by atoms with Gasteiger partial charge in [0.1, 0.15) is 22.8 Å². The van der Waals surface area contributed by atoms with E-state index in [0.29, 0.717) is 43.2 Å². The van der Waals surface area contributed by atoms with Gasteiger partial charge in [-0.15, -0.1) is 0 Å². The second kappa shape index (κ2) is 9.40. The van der Waals surface area contributed by atoms with Crippen LogP contribution < -0.4 is 10.2 Å². The highest BCUT2D eigenvalue weighted by atomic mass is 19.1. The number of anilines is 3. The number of hydrogen-bond donors (Lipinski definition) is 2. The largest absolute Gasteiger partial charge is 0.444 e. The third kappa shape index (κ3) is 5.04. The topological polar surface area (TPSA) is 112 Å². The Hall–Kier alpha value is -4.28. The summed E-state index contributed by atoms with van der Waals surface area (Å²) in [4.78, 5) is 36.4. The molecule has 0 unspecified atom stereocenters. The number of pyridine rings is 2. The molecule has 0 radical (unpaired) electrons. The minimum Gasteiger partial charge on any atom is -0.444 e. The molecular formula is C25H27FN8O2. The van der Waals surface area contributed by atoms with Crippen molar-refractivity contribution in [3.8, 4) is 11.3 Å². The van der Waals surface area contributed by atoms with Gasteiger partial charge in [-0.1, -0.05) is 0 Å². The number of piperazine rings is 1. The van der Waals surface area contributed by atoms with Crippen LogP contribution in [0.5, 0.6) is 0 Å². The van der Waals surface area contributed by atoms with Gasteiger partial charge in [0, 0.05) is 49.5 Å². The summed E-state index contributed by atoms with van der Waals surface area (Å²) in [5.74, 6) is 0.235. The summed E-state index contributed by atoms with van der Waals surface area (Å²) in [7, 11) is 0. The number of H-pyrrole nitrogens is 1. The molecule has 2 N–H and O–H groups in total. The molecule has 5 rings (SSSR count). The Bertz CT molecular complexity index is 1380. The zero-order chi connectivity index (χ0) is 25.3. The zero-order valence-electron chi connectivity index (χ0n) is 20.3. The Kier molecular flexibility index (Phi) is 6.13. The number of rotatable bonds is 4. The standard InChI is InChI=1S/C25H27FN8O2/c1-25(2,3)36-24(35)34-11-9-33(10-12-34)16-6-7-20(28-13-16)31-23-30-15-19(26)21(32-23)18-14-29-22-17(18)5-4-8-27-22/h4-8,13-15H,9-12H2,1-3H3,(H,27,29)(H,28,30,31,32). The molecule has 0 atom stereocenters. The molecule has 4 aromatic heterocycles. The Balaban J connectivity index is 1.25. The molecule has 1 saturated heterocycles. The lowest BCUT2D eigenvalue weighted by Gasteiger charge is -2.36. The summed E-state index contributed by atoms with van der Waals surface area (Å²) in [6.45, 7) is 8.09. The normalized spacial score (nSPS) is 14.2. The van der Waals surface area contributed by atoms with Crippen molar-refractivity contribution in [2.45, 2.75) is 26.4 Å². The van der Waals surface area contributed by atoms with Crippen LogP contribution in [0.15, 0.2) is 49.1 Å². The van der Waals surface area contributed by atoms with Crippen molar-refractivity contribution >= 4 is 34.6 Å². The molecule has 1 aliphatic heterocycles. The van der Waals surface area contributed by atoms with Gasteiger partial charge < -0.3 is 24.8 Å². The fraction of sp³-hybridized carbons (Fsp3) is 0.320. The maximum absolute atomic E-state index is 14.6. The van der Waals surface area contributed by atoms with Crippen molar-refractivity contribution in [1.82, 2.24) is 29.8 Å². The van der Waals surface area contributed by atoms with Crippen LogP contribution in [0.1, 0.15) is 20.8 Å². The maximum Gasteiger partial charge on any atom is 0.410 e. The first-order valence-electron chi connectivity index (χ1n) is 11.7. The Morgan fingerprint density at radius 2 is 1.89 bits per heavy atom. The summed E-state index contributed by atoms with van der Waals surface area (Å²) in [6, 6.07) is 7.41. The van der Waals surface area contributed by atoms with Gasteiger partial charge in [-0.3, -0.25) is 0 Å². The van der Waals surface area contributed by atoms with Crippen LogP contribution in [0.25, 0.3) is 22.3 Å². The highest BCUT2D eigenvalue weighted by Crippen LogP contribution is 2.29. The lowest BCUT2D eigenvalue weighted by Crippen LogP contribution is -2.50. The first-order valence-corrected chi connectivity index (χ1v) is 11.7. The summed E-state index contributed by atoms with van der Waals surface area (Å²) in [5, 5.41) is 3.82. The first kappa shape index (κ1) is 23.5. The summed E-state index contributed by atoms with van der Waals surface area (Å²) in [5.41, 5.74) is 1.87. The third-order valence-corrected chi connectivity index (χ3v) is 5.73. The number of aromatic amines is 1. The minimum absolute atomic E-state index is 0.172. The number of nitrogens with zero attached hydrogens (tertiary/aromatic N) is 6. The Morgan fingerprint density at radius 1 is 1.08 bits per heavy atom. The minimum atomic E-state index is -0.529. The van der Waals surface area contributed by atoms with E-state index < -0.39 is 11.4 Å². The predicted octanol–water partition coefficient (Wildman–Crippen LogP) is 4.35. The van der Waals surface area contributed by atoms with Crippen molar-refractivity contribution in [2.75, 3.05) is 36.4 Å². The first-order chi connectivity index (χ1) is 17.3. The van der Waals surface area contributed by atoms with Crippen LogP contribution in [0.3, 0.4) is 0 Å². The molecule has 0 bridgehead atoms. The average Bonchev–Trinajstić information content (AvgIpc) is 3.29. The van der Waals surface area contributed by atoms with Gasteiger partial charge in [0.25, 0.3) is 0 Å². The Morgan fingerprint density at radius 3 is 2.61 bits per heavy atom. The molecular weight excluding hydrogens is 463 g/mol. The number of halogens is 1. The number of nitrogens with one attached hydrogen (secondary N) is 2. The van der Waals surface area contributed by atoms with Gasteiger partial charge in [0.2, 0.25) is 5.95 Å². The molecule has 36 heavy (non-hydrogen) atoms. The van der Waals surface area contributed by atoms with Gasteiger partial charge >= 0.3 is 6.09 Å². The molecule has 0 aromatic carbocycles. The van der Waals surface area contributed by atoms with Crippen molar-refractivity contribution in [3.63, 3.8) is 0 Å². The lowest BCUT2D eigenvalue weighted by molar-refractivity contribution is 0.0240. The van der Waals surface area contributed by atoms with E-state index in [2.05, 4.69) is 35.1 Å². The molecule has 4 aromatic rings. The summed E-state index contributed by atoms with van der Waals surface area (Å²) < 4.78 is 20.0. The lowest BCUT2D eigenvalue weighted by atomic mass is 10.1. The van der Waals surface area contributed by atoms with Crippen LogP contribution in [-0.4, -0.2) is 67.7 Å². The van der Waals surface area contributed by atoms with Crippen molar-refractivity contribution in [1.29, 1.82) is 0 Å². The highest BCUT2D eigenvalue weighted by molar-refractivity contribution is 5.92. The summed E-state index contributed by atoms with van der Waals surface area (Å²) in [6.07, 6.45) is 5.95. The molecule has 1 amide bonds. The van der Waals surface area contributed by atoms with E-state index in [0.717, 1.165) is 17.3 Å². The highest BCUT2D eigenvalue weighted by Gasteiger charge is 2.26. The van der Waals surface area contributed by atoms with Gasteiger partial charge in [-0.05, 0) is 45.0 Å². The van der Waals surface area contributed by atoms with E-state index in [4.69, 9.17) is 4.74 Å². The van der Waals surface area contributed by atoms with E-state index in [9.17, 15) is 9.18 Å². The number of fused-ring (bicyclic) bond motifs is 1. The van der Waals surface area contributed by atoms with Crippen LogP contribution >= 0.6 is 0 Å². The monoisotopic (exact) mass is 490 g/mol. The molecule has 11 heteroatoms. The molecule has 0 spiro atoms. The van der Waals surface area contributed by atoms with Crippen molar-refractivity contribution < 1.29 is 13.9 Å². The van der Waals surface area contributed by atoms with Gasteiger partial charge in [0.05, 0.1) is 18.1 Å². The quantitative estimate of drug-likeness (QED) is 0.434. The number of carbonyl (C=O) groups is 1. The molecule has 10 nitrogen and oxygen atoms in total. The fourth-order valence-corrected chi connectivity index (χ4v) is 4.00. The molecule has 1 fully saturated rings. The van der Waals surface area contributed by atoms with Crippen molar-refractivity contribution in [3.05, 3.63) is 54.9 Å². The van der Waals surface area contributed by atoms with Crippen molar-refractivity contribution in [2.24, 2.45) is 0 Å². The predicted molar refractivity (Wildman–Crippen MR) is 135 cm³/mol. The number of amides is 1. The number of hydrogen-bond acceptors (Lipinski definition) is 8. The van der Waals surface area contributed by atoms with E-state index in [-0.39, 0.29) is 17.7 Å². The van der Waals surface area contributed by atoms with Crippen LogP contribution in [0.2, 0.25) is 0 Å². The fourth-order valence-electron chi connectivity index (χ4n) is 4.00. The second-order valence-corrected chi connectivity index (χ2v) is 9.47. The molecule has 0 aliphatic carbocycles.